The number of aryl methyl sites for hydroxylation is 1. The molecule has 0 bridgehead atoms. The third-order valence-corrected chi connectivity index (χ3v) is 6.07. The highest BCUT2D eigenvalue weighted by Gasteiger charge is 2.42. The van der Waals surface area contributed by atoms with Crippen molar-refractivity contribution in [3.8, 4) is 0 Å². The van der Waals surface area contributed by atoms with E-state index in [2.05, 4.69) is 56.9 Å². The Labute approximate surface area is 135 Å². The summed E-state index contributed by atoms with van der Waals surface area (Å²) in [5.74, 6) is 0.635. The van der Waals surface area contributed by atoms with E-state index in [1.54, 1.807) is 23.5 Å². The van der Waals surface area contributed by atoms with Crippen LogP contribution < -0.4 is 0 Å². The molecule has 0 amide bonds. The zero-order valence-corrected chi connectivity index (χ0v) is 14.7. The monoisotopic (exact) mass is 321 g/mol. The summed E-state index contributed by atoms with van der Waals surface area (Å²) >= 11 is 3.26. The fraction of sp³-hybridized carbons (Fsp3) is 0.471. The van der Waals surface area contributed by atoms with Gasteiger partial charge < -0.3 is 5.11 Å². The lowest BCUT2D eigenvalue weighted by Crippen LogP contribution is -2.41. The van der Waals surface area contributed by atoms with Gasteiger partial charge in [-0.25, -0.2) is 0 Å². The van der Waals surface area contributed by atoms with Crippen LogP contribution in [0.1, 0.15) is 38.1 Å². The molecule has 1 N–H and O–H groups in total. The summed E-state index contributed by atoms with van der Waals surface area (Å²) in [6.07, 6.45) is 2.81. The minimum atomic E-state index is -0.875. The molecule has 1 atom stereocenters. The van der Waals surface area contributed by atoms with Crippen LogP contribution in [0.5, 0.6) is 0 Å². The molecular formula is C17H23NOS2. The zero-order valence-electron chi connectivity index (χ0n) is 13.1. The maximum atomic E-state index is 11.3. The number of aliphatic hydroxyl groups is 1. The van der Waals surface area contributed by atoms with E-state index in [9.17, 15) is 5.11 Å². The lowest BCUT2D eigenvalue weighted by atomic mass is 9.77. The van der Waals surface area contributed by atoms with E-state index in [0.29, 0.717) is 5.75 Å². The summed E-state index contributed by atoms with van der Waals surface area (Å²) in [4.78, 5) is 6.34. The third kappa shape index (κ3) is 3.50. The van der Waals surface area contributed by atoms with Gasteiger partial charge >= 0.3 is 0 Å². The van der Waals surface area contributed by atoms with Crippen LogP contribution >= 0.6 is 23.1 Å². The van der Waals surface area contributed by atoms with Crippen LogP contribution in [0.2, 0.25) is 0 Å². The SMILES string of the molecule is CCc1ccccc1SCC(O)(c1cncs1)C(C)(C)C. The first-order valence-corrected chi connectivity index (χ1v) is 9.07. The Balaban J connectivity index is 2.25. The second-order valence-corrected chi connectivity index (χ2v) is 8.13. The molecule has 1 aromatic carbocycles. The molecule has 1 aromatic heterocycles. The van der Waals surface area contributed by atoms with Gasteiger partial charge in [0.05, 0.1) is 10.4 Å². The van der Waals surface area contributed by atoms with Crippen molar-refractivity contribution in [3.05, 3.63) is 46.4 Å². The zero-order chi connectivity index (χ0) is 15.5. The van der Waals surface area contributed by atoms with E-state index in [1.165, 1.54) is 21.8 Å². The molecule has 0 radical (unpaired) electrons. The summed E-state index contributed by atoms with van der Waals surface area (Å²) < 4.78 is 0. The van der Waals surface area contributed by atoms with Gasteiger partial charge in [0.15, 0.2) is 0 Å². The van der Waals surface area contributed by atoms with Crippen LogP contribution in [0.15, 0.2) is 40.9 Å². The number of benzene rings is 1. The number of nitrogens with zero attached hydrogens (tertiary/aromatic N) is 1. The molecule has 114 valence electrons. The van der Waals surface area contributed by atoms with Crippen molar-refractivity contribution < 1.29 is 5.11 Å². The fourth-order valence-electron chi connectivity index (χ4n) is 2.20. The first-order valence-electron chi connectivity index (χ1n) is 7.20. The first-order chi connectivity index (χ1) is 9.88. The second-order valence-electron chi connectivity index (χ2n) is 6.23. The van der Waals surface area contributed by atoms with E-state index < -0.39 is 5.60 Å². The molecule has 0 aliphatic heterocycles. The predicted molar refractivity (Wildman–Crippen MR) is 92.0 cm³/mol. The highest BCUT2D eigenvalue weighted by molar-refractivity contribution is 7.99. The van der Waals surface area contributed by atoms with E-state index in [1.807, 2.05) is 0 Å². The first kappa shape index (κ1) is 16.5. The molecule has 2 aromatic rings. The fourth-order valence-corrected chi connectivity index (χ4v) is 4.74. The van der Waals surface area contributed by atoms with E-state index in [4.69, 9.17) is 0 Å². The largest absolute Gasteiger partial charge is 0.383 e. The van der Waals surface area contributed by atoms with E-state index >= 15 is 0 Å². The number of rotatable bonds is 5. The molecule has 2 nitrogen and oxygen atoms in total. The molecule has 0 aliphatic rings. The molecule has 0 saturated carbocycles. The lowest BCUT2D eigenvalue weighted by Gasteiger charge is -2.39. The van der Waals surface area contributed by atoms with Gasteiger partial charge in [-0.15, -0.1) is 23.1 Å². The molecule has 0 aliphatic carbocycles. The molecule has 21 heavy (non-hydrogen) atoms. The van der Waals surface area contributed by atoms with Crippen LogP contribution in [0.3, 0.4) is 0 Å². The van der Waals surface area contributed by atoms with E-state index in [-0.39, 0.29) is 5.41 Å². The van der Waals surface area contributed by atoms with Crippen LogP contribution in [0.25, 0.3) is 0 Å². The van der Waals surface area contributed by atoms with Gasteiger partial charge in [-0.05, 0) is 23.5 Å². The summed E-state index contributed by atoms with van der Waals surface area (Å²) in [6.45, 7) is 8.41. The molecule has 0 fully saturated rings. The summed E-state index contributed by atoms with van der Waals surface area (Å²) in [6, 6.07) is 8.43. The Morgan fingerprint density at radius 3 is 2.52 bits per heavy atom. The minimum Gasteiger partial charge on any atom is -0.383 e. The topological polar surface area (TPSA) is 33.1 Å². The summed E-state index contributed by atoms with van der Waals surface area (Å²) in [5, 5.41) is 11.3. The maximum Gasteiger partial charge on any atom is 0.114 e. The normalized spacial score (nSPS) is 14.9. The van der Waals surface area contributed by atoms with Crippen LogP contribution in [0, 0.1) is 5.41 Å². The average Bonchev–Trinajstić information content (AvgIpc) is 2.98. The Kier molecular flexibility index (Phi) is 5.12. The number of hydrogen-bond donors (Lipinski definition) is 1. The Hall–Kier alpha value is -0.840. The molecular weight excluding hydrogens is 298 g/mol. The van der Waals surface area contributed by atoms with Crippen molar-refractivity contribution >= 4 is 23.1 Å². The van der Waals surface area contributed by atoms with Crippen molar-refractivity contribution in [1.82, 2.24) is 4.98 Å². The van der Waals surface area contributed by atoms with Gasteiger partial charge in [0.25, 0.3) is 0 Å². The van der Waals surface area contributed by atoms with Crippen LogP contribution in [-0.4, -0.2) is 15.8 Å². The van der Waals surface area contributed by atoms with Crippen LogP contribution in [-0.2, 0) is 12.0 Å². The van der Waals surface area contributed by atoms with Gasteiger partial charge in [-0.2, -0.15) is 0 Å². The molecule has 2 rings (SSSR count). The standard InChI is InChI=1S/C17H23NOS2/c1-5-13-8-6-7-9-14(13)20-11-17(19,16(2,3)4)15-10-18-12-21-15/h6-10,12,19H,5,11H2,1-4H3. The molecule has 1 unspecified atom stereocenters. The Morgan fingerprint density at radius 2 is 1.95 bits per heavy atom. The molecule has 0 saturated heterocycles. The third-order valence-electron chi connectivity index (χ3n) is 3.87. The van der Waals surface area contributed by atoms with Crippen molar-refractivity contribution in [1.29, 1.82) is 0 Å². The maximum absolute atomic E-state index is 11.3. The number of thioether (sulfide) groups is 1. The highest BCUT2D eigenvalue weighted by atomic mass is 32.2. The van der Waals surface area contributed by atoms with Gasteiger partial charge in [-0.3, -0.25) is 4.98 Å². The quantitative estimate of drug-likeness (QED) is 0.808. The summed E-state index contributed by atoms with van der Waals surface area (Å²) in [5.41, 5.74) is 2.01. The lowest BCUT2D eigenvalue weighted by molar-refractivity contribution is -0.0392. The smallest absolute Gasteiger partial charge is 0.114 e. The molecule has 1 heterocycles. The van der Waals surface area contributed by atoms with Crippen LogP contribution in [0.4, 0.5) is 0 Å². The average molecular weight is 322 g/mol. The van der Waals surface area contributed by atoms with Crippen molar-refractivity contribution in [3.63, 3.8) is 0 Å². The number of thiazole rings is 1. The van der Waals surface area contributed by atoms with Gasteiger partial charge in [0, 0.05) is 16.8 Å². The van der Waals surface area contributed by atoms with Crippen molar-refractivity contribution in [2.75, 3.05) is 5.75 Å². The minimum absolute atomic E-state index is 0.242. The Morgan fingerprint density at radius 1 is 1.24 bits per heavy atom. The number of hydrogen-bond acceptors (Lipinski definition) is 4. The predicted octanol–water partition coefficient (Wildman–Crippen LogP) is 4.73. The van der Waals surface area contributed by atoms with Gasteiger partial charge in [0.2, 0.25) is 0 Å². The van der Waals surface area contributed by atoms with Crippen molar-refractivity contribution in [2.24, 2.45) is 5.41 Å². The molecule has 4 heteroatoms. The second kappa shape index (κ2) is 6.51. The Bertz CT molecular complexity index is 575. The molecule has 0 spiro atoms. The number of aromatic nitrogens is 1. The highest BCUT2D eigenvalue weighted by Crippen LogP contribution is 2.44. The van der Waals surface area contributed by atoms with Gasteiger partial charge in [0.1, 0.15) is 5.60 Å². The van der Waals surface area contributed by atoms with E-state index in [0.717, 1.165) is 11.3 Å². The summed E-state index contributed by atoms with van der Waals surface area (Å²) in [7, 11) is 0. The van der Waals surface area contributed by atoms with Crippen molar-refractivity contribution in [2.45, 2.75) is 44.6 Å². The van der Waals surface area contributed by atoms with Gasteiger partial charge in [-0.1, -0.05) is 45.9 Å².